The molecular formula is C15H22N4. The number of hydrogen-bond donors (Lipinski definition) is 0. The van der Waals surface area contributed by atoms with Gasteiger partial charge in [-0.15, -0.1) is 0 Å². The van der Waals surface area contributed by atoms with Crippen molar-refractivity contribution in [3.63, 3.8) is 0 Å². The zero-order chi connectivity index (χ0) is 13.4. The predicted molar refractivity (Wildman–Crippen MR) is 78.8 cm³/mol. The molecule has 2 aliphatic rings. The van der Waals surface area contributed by atoms with Crippen LogP contribution in [0.15, 0.2) is 29.3 Å². The summed E-state index contributed by atoms with van der Waals surface area (Å²) >= 11 is 0. The molecule has 0 aromatic heterocycles. The molecule has 0 N–H and O–H groups in total. The normalized spacial score (nSPS) is 24.2. The summed E-state index contributed by atoms with van der Waals surface area (Å²) in [5.74, 6) is 1.12. The molecule has 1 aromatic rings. The molecule has 0 saturated carbocycles. The van der Waals surface area contributed by atoms with Gasteiger partial charge in [-0.2, -0.15) is 0 Å². The number of rotatable bonds is 0. The van der Waals surface area contributed by atoms with Crippen LogP contribution in [0, 0.1) is 0 Å². The van der Waals surface area contributed by atoms with E-state index >= 15 is 0 Å². The van der Waals surface area contributed by atoms with Crippen LogP contribution in [-0.2, 0) is 0 Å². The highest BCUT2D eigenvalue weighted by Gasteiger charge is 2.28. The van der Waals surface area contributed by atoms with Crippen LogP contribution in [0.5, 0.6) is 0 Å². The molecule has 0 bridgehead atoms. The van der Waals surface area contributed by atoms with E-state index in [9.17, 15) is 0 Å². The molecule has 0 aliphatic carbocycles. The van der Waals surface area contributed by atoms with Gasteiger partial charge in [0, 0.05) is 38.8 Å². The fourth-order valence-corrected chi connectivity index (χ4v) is 2.81. The van der Waals surface area contributed by atoms with Crippen molar-refractivity contribution in [1.29, 1.82) is 0 Å². The third-order valence-corrected chi connectivity index (χ3v) is 4.29. The maximum absolute atomic E-state index is 4.88. The van der Waals surface area contributed by atoms with Gasteiger partial charge in [0.25, 0.3) is 0 Å². The summed E-state index contributed by atoms with van der Waals surface area (Å²) < 4.78 is 0. The quantitative estimate of drug-likeness (QED) is 0.710. The Morgan fingerprint density at radius 3 is 2.47 bits per heavy atom. The first-order valence-electron chi connectivity index (χ1n) is 7.01. The number of guanidine groups is 1. The lowest BCUT2D eigenvalue weighted by Gasteiger charge is -2.42. The molecule has 0 radical (unpaired) electrons. The number of fused-ring (bicyclic) bond motifs is 1. The largest absolute Gasteiger partial charge is 0.340 e. The third-order valence-electron chi connectivity index (χ3n) is 4.29. The smallest absolute Gasteiger partial charge is 0.202 e. The topological polar surface area (TPSA) is 22.1 Å². The molecule has 19 heavy (non-hydrogen) atoms. The fourth-order valence-electron chi connectivity index (χ4n) is 2.81. The zero-order valence-electron chi connectivity index (χ0n) is 12.0. The summed E-state index contributed by atoms with van der Waals surface area (Å²) in [7, 11) is 4.33. The minimum absolute atomic E-state index is 0.392. The van der Waals surface area contributed by atoms with E-state index in [1.165, 1.54) is 5.56 Å². The van der Waals surface area contributed by atoms with Crippen molar-refractivity contribution in [3.8, 4) is 0 Å². The molecular weight excluding hydrogens is 236 g/mol. The van der Waals surface area contributed by atoms with E-state index in [2.05, 4.69) is 60.0 Å². The molecule has 1 saturated heterocycles. The van der Waals surface area contributed by atoms with E-state index in [1.54, 1.807) is 0 Å². The van der Waals surface area contributed by atoms with Crippen LogP contribution in [0.4, 0.5) is 5.69 Å². The first kappa shape index (κ1) is 12.5. The standard InChI is InChI=1S/C15H22N4/c1-12-13-6-4-5-7-14(13)16-15(18(12)3)19-10-8-17(2)9-11-19/h4-7,12H,8-11H2,1-3H3/t12-/m1/s1. The highest BCUT2D eigenvalue weighted by atomic mass is 15.4. The van der Waals surface area contributed by atoms with E-state index in [0.29, 0.717) is 6.04 Å². The maximum Gasteiger partial charge on any atom is 0.202 e. The average Bonchev–Trinajstić information content (AvgIpc) is 2.44. The van der Waals surface area contributed by atoms with Crippen molar-refractivity contribution in [3.05, 3.63) is 29.8 Å². The highest BCUT2D eigenvalue weighted by Crippen LogP contribution is 2.34. The molecule has 2 aliphatic heterocycles. The Morgan fingerprint density at radius 2 is 1.74 bits per heavy atom. The minimum Gasteiger partial charge on any atom is -0.340 e. The predicted octanol–water partition coefficient (Wildman–Crippen LogP) is 1.93. The second-order valence-electron chi connectivity index (χ2n) is 5.55. The first-order chi connectivity index (χ1) is 9.16. The van der Waals surface area contributed by atoms with Crippen LogP contribution in [0.3, 0.4) is 0 Å². The van der Waals surface area contributed by atoms with E-state index in [0.717, 1.165) is 37.8 Å². The Morgan fingerprint density at radius 1 is 1.05 bits per heavy atom. The van der Waals surface area contributed by atoms with Gasteiger partial charge in [0.05, 0.1) is 11.7 Å². The Hall–Kier alpha value is -1.55. The van der Waals surface area contributed by atoms with Crippen LogP contribution in [-0.4, -0.2) is 60.9 Å². The highest BCUT2D eigenvalue weighted by molar-refractivity contribution is 5.85. The molecule has 4 heteroatoms. The average molecular weight is 258 g/mol. The number of likely N-dealkylation sites (N-methyl/N-ethyl adjacent to an activating group) is 1. The van der Waals surface area contributed by atoms with Crippen LogP contribution in [0.1, 0.15) is 18.5 Å². The number of hydrogen-bond acceptors (Lipinski definition) is 4. The van der Waals surface area contributed by atoms with Crippen LogP contribution >= 0.6 is 0 Å². The first-order valence-corrected chi connectivity index (χ1v) is 7.01. The fraction of sp³-hybridized carbons (Fsp3) is 0.533. The SMILES string of the molecule is C[C@@H]1c2ccccc2N=C(N2CCN(C)CC2)N1C. The summed E-state index contributed by atoms with van der Waals surface area (Å²) in [5.41, 5.74) is 2.45. The monoisotopic (exact) mass is 258 g/mol. The van der Waals surface area contributed by atoms with Gasteiger partial charge >= 0.3 is 0 Å². The summed E-state index contributed by atoms with van der Waals surface area (Å²) in [6.45, 7) is 6.61. The van der Waals surface area contributed by atoms with Crippen molar-refractivity contribution in [1.82, 2.24) is 14.7 Å². The van der Waals surface area contributed by atoms with Gasteiger partial charge < -0.3 is 14.7 Å². The van der Waals surface area contributed by atoms with Crippen molar-refractivity contribution >= 4 is 11.6 Å². The molecule has 0 unspecified atom stereocenters. The van der Waals surface area contributed by atoms with Crippen molar-refractivity contribution in [2.75, 3.05) is 40.3 Å². The number of benzene rings is 1. The Labute approximate surface area is 115 Å². The maximum atomic E-state index is 4.88. The molecule has 3 rings (SSSR count). The lowest BCUT2D eigenvalue weighted by Crippen LogP contribution is -2.52. The Bertz CT molecular complexity index is 489. The summed E-state index contributed by atoms with van der Waals surface area (Å²) in [6, 6.07) is 8.86. The van der Waals surface area contributed by atoms with Crippen LogP contribution < -0.4 is 0 Å². The molecule has 1 aromatic carbocycles. The van der Waals surface area contributed by atoms with Crippen LogP contribution in [0.2, 0.25) is 0 Å². The van der Waals surface area contributed by atoms with Gasteiger partial charge in [0.2, 0.25) is 5.96 Å². The molecule has 0 amide bonds. The summed E-state index contributed by atoms with van der Waals surface area (Å²) in [4.78, 5) is 12.0. The molecule has 102 valence electrons. The van der Waals surface area contributed by atoms with E-state index in [4.69, 9.17) is 4.99 Å². The lowest BCUT2D eigenvalue weighted by atomic mass is 10.0. The third kappa shape index (κ3) is 2.21. The van der Waals surface area contributed by atoms with Gasteiger partial charge in [-0.05, 0) is 20.0 Å². The Balaban J connectivity index is 1.91. The number of nitrogens with zero attached hydrogens (tertiary/aromatic N) is 4. The number of aliphatic imine (C=N–C) groups is 1. The molecule has 4 nitrogen and oxygen atoms in total. The zero-order valence-corrected chi connectivity index (χ0v) is 12.0. The second kappa shape index (κ2) is 4.85. The lowest BCUT2D eigenvalue weighted by molar-refractivity contribution is 0.193. The van der Waals surface area contributed by atoms with Crippen molar-refractivity contribution < 1.29 is 0 Å². The summed E-state index contributed by atoms with van der Waals surface area (Å²) in [6.07, 6.45) is 0. The summed E-state index contributed by atoms with van der Waals surface area (Å²) in [5, 5.41) is 0. The Kier molecular flexibility index (Phi) is 3.19. The van der Waals surface area contributed by atoms with Gasteiger partial charge in [0.1, 0.15) is 0 Å². The van der Waals surface area contributed by atoms with E-state index in [1.807, 2.05) is 0 Å². The number of piperazine rings is 1. The van der Waals surface area contributed by atoms with Gasteiger partial charge in [0.15, 0.2) is 0 Å². The molecule has 0 spiro atoms. The second-order valence-corrected chi connectivity index (χ2v) is 5.55. The molecule has 1 atom stereocenters. The van der Waals surface area contributed by atoms with E-state index in [-0.39, 0.29) is 0 Å². The van der Waals surface area contributed by atoms with Crippen LogP contribution in [0.25, 0.3) is 0 Å². The van der Waals surface area contributed by atoms with Gasteiger partial charge in [-0.25, -0.2) is 4.99 Å². The minimum atomic E-state index is 0.392. The number of para-hydroxylation sites is 1. The van der Waals surface area contributed by atoms with Crippen molar-refractivity contribution in [2.45, 2.75) is 13.0 Å². The van der Waals surface area contributed by atoms with Gasteiger partial charge in [-0.3, -0.25) is 0 Å². The van der Waals surface area contributed by atoms with Gasteiger partial charge in [-0.1, -0.05) is 18.2 Å². The van der Waals surface area contributed by atoms with E-state index < -0.39 is 0 Å². The molecule has 2 heterocycles. The molecule has 1 fully saturated rings. The van der Waals surface area contributed by atoms with Crippen molar-refractivity contribution in [2.24, 2.45) is 4.99 Å².